The summed E-state index contributed by atoms with van der Waals surface area (Å²) in [5, 5.41) is 3.19. The van der Waals surface area contributed by atoms with E-state index in [-0.39, 0.29) is 0 Å². The van der Waals surface area contributed by atoms with Crippen LogP contribution in [0.3, 0.4) is 0 Å². The Hall–Kier alpha value is -1.22. The second kappa shape index (κ2) is 5.41. The molecule has 94 valence electrons. The average Bonchev–Trinajstić information content (AvgIpc) is 2.39. The molecule has 0 unspecified atom stereocenters. The third-order valence-corrected chi connectivity index (χ3v) is 3.65. The topological polar surface area (TPSA) is 18.5 Å². The fraction of sp³-hybridized carbons (Fsp3) is 0.571. The first kappa shape index (κ1) is 12.2. The normalized spacial score (nSPS) is 17.2. The molecule has 1 aliphatic rings. The molecule has 2 rings (SSSR count). The summed E-state index contributed by atoms with van der Waals surface area (Å²) in [6.45, 7) is 10.3. The summed E-state index contributed by atoms with van der Waals surface area (Å²) < 4.78 is 0. The number of benzene rings is 1. The molecule has 0 aliphatic carbocycles. The highest BCUT2D eigenvalue weighted by Gasteiger charge is 2.16. The lowest BCUT2D eigenvalue weighted by atomic mass is 10.1. The molecule has 3 nitrogen and oxygen atoms in total. The second-order valence-corrected chi connectivity index (χ2v) is 4.67. The minimum atomic E-state index is 1.15. The van der Waals surface area contributed by atoms with Gasteiger partial charge in [-0.05, 0) is 37.2 Å². The molecule has 17 heavy (non-hydrogen) atoms. The van der Waals surface area contributed by atoms with E-state index in [1.54, 1.807) is 0 Å². The van der Waals surface area contributed by atoms with Crippen molar-refractivity contribution in [2.45, 2.75) is 13.8 Å². The van der Waals surface area contributed by atoms with Gasteiger partial charge >= 0.3 is 0 Å². The largest absolute Gasteiger partial charge is 0.388 e. The van der Waals surface area contributed by atoms with Crippen LogP contribution in [0.15, 0.2) is 18.2 Å². The summed E-state index contributed by atoms with van der Waals surface area (Å²) in [6.07, 6.45) is 0. The maximum Gasteiger partial charge on any atom is 0.0398 e. The van der Waals surface area contributed by atoms with Crippen molar-refractivity contribution in [1.82, 2.24) is 4.90 Å². The Labute approximate surface area is 104 Å². The van der Waals surface area contributed by atoms with Gasteiger partial charge in [0.1, 0.15) is 0 Å². The fourth-order valence-corrected chi connectivity index (χ4v) is 2.47. The van der Waals surface area contributed by atoms with Gasteiger partial charge in [0.15, 0.2) is 0 Å². The number of likely N-dealkylation sites (N-methyl/N-ethyl adjacent to an activating group) is 1. The van der Waals surface area contributed by atoms with Gasteiger partial charge in [0.05, 0.1) is 0 Å². The highest BCUT2D eigenvalue weighted by Crippen LogP contribution is 2.24. The van der Waals surface area contributed by atoms with Gasteiger partial charge in [-0.15, -0.1) is 0 Å². The molecule has 0 radical (unpaired) electrons. The van der Waals surface area contributed by atoms with Gasteiger partial charge in [-0.1, -0.05) is 6.92 Å². The maximum atomic E-state index is 3.19. The highest BCUT2D eigenvalue weighted by molar-refractivity contribution is 5.60. The van der Waals surface area contributed by atoms with Crippen molar-refractivity contribution in [3.8, 4) is 0 Å². The molecule has 1 N–H and O–H groups in total. The molecule has 0 bridgehead atoms. The van der Waals surface area contributed by atoms with Crippen LogP contribution in [-0.2, 0) is 0 Å². The van der Waals surface area contributed by atoms with Gasteiger partial charge in [0.25, 0.3) is 0 Å². The number of hydrogen-bond acceptors (Lipinski definition) is 3. The molecule has 1 saturated heterocycles. The van der Waals surface area contributed by atoms with Gasteiger partial charge in [0.2, 0.25) is 0 Å². The Bertz CT molecular complexity index is 368. The van der Waals surface area contributed by atoms with E-state index in [2.05, 4.69) is 47.2 Å². The molecule has 0 spiro atoms. The monoisotopic (exact) mass is 233 g/mol. The van der Waals surface area contributed by atoms with E-state index in [4.69, 9.17) is 0 Å². The number of piperazine rings is 1. The van der Waals surface area contributed by atoms with Crippen molar-refractivity contribution in [3.05, 3.63) is 23.8 Å². The van der Waals surface area contributed by atoms with E-state index >= 15 is 0 Å². The molecule has 1 aliphatic heterocycles. The first-order valence-electron chi connectivity index (χ1n) is 6.50. The van der Waals surface area contributed by atoms with Crippen LogP contribution in [-0.4, -0.2) is 44.7 Å². The predicted octanol–water partition coefficient (Wildman–Crippen LogP) is 2.18. The van der Waals surface area contributed by atoms with Crippen molar-refractivity contribution >= 4 is 11.4 Å². The summed E-state index contributed by atoms with van der Waals surface area (Å²) in [7, 11) is 1.97. The molecular weight excluding hydrogens is 210 g/mol. The number of nitrogens with zero attached hydrogens (tertiary/aromatic N) is 2. The summed E-state index contributed by atoms with van der Waals surface area (Å²) in [5.74, 6) is 0. The lowest BCUT2D eigenvalue weighted by molar-refractivity contribution is 0.271. The van der Waals surface area contributed by atoms with Crippen LogP contribution in [0.4, 0.5) is 11.4 Å². The van der Waals surface area contributed by atoms with E-state index in [9.17, 15) is 0 Å². The fourth-order valence-electron chi connectivity index (χ4n) is 2.47. The van der Waals surface area contributed by atoms with Gasteiger partial charge in [0, 0.05) is 44.6 Å². The van der Waals surface area contributed by atoms with Crippen LogP contribution < -0.4 is 10.2 Å². The van der Waals surface area contributed by atoms with Gasteiger partial charge in [-0.3, -0.25) is 0 Å². The number of anilines is 2. The van der Waals surface area contributed by atoms with E-state index in [0.717, 1.165) is 13.1 Å². The molecule has 3 heteroatoms. The summed E-state index contributed by atoms with van der Waals surface area (Å²) in [5.41, 5.74) is 3.94. The van der Waals surface area contributed by atoms with Gasteiger partial charge in [-0.25, -0.2) is 0 Å². The quantitative estimate of drug-likeness (QED) is 0.863. The molecule has 1 aromatic rings. The molecule has 1 fully saturated rings. The second-order valence-electron chi connectivity index (χ2n) is 4.67. The van der Waals surface area contributed by atoms with E-state index in [1.165, 1.54) is 36.6 Å². The SMILES string of the molecule is CCN1CCN(c2ccc(NC)cc2C)CC1. The van der Waals surface area contributed by atoms with Crippen LogP contribution in [0.5, 0.6) is 0 Å². The van der Waals surface area contributed by atoms with Crippen molar-refractivity contribution < 1.29 is 0 Å². The van der Waals surface area contributed by atoms with Crippen LogP contribution in [0.2, 0.25) is 0 Å². The van der Waals surface area contributed by atoms with Crippen LogP contribution >= 0.6 is 0 Å². The first-order chi connectivity index (χ1) is 8.24. The van der Waals surface area contributed by atoms with E-state index < -0.39 is 0 Å². The Kier molecular flexibility index (Phi) is 3.89. The number of rotatable bonds is 3. The number of nitrogens with one attached hydrogen (secondary N) is 1. The molecule has 0 aromatic heterocycles. The number of hydrogen-bond donors (Lipinski definition) is 1. The highest BCUT2D eigenvalue weighted by atomic mass is 15.3. The zero-order valence-corrected chi connectivity index (χ0v) is 11.2. The molecule has 1 heterocycles. The first-order valence-corrected chi connectivity index (χ1v) is 6.50. The Morgan fingerprint density at radius 2 is 1.88 bits per heavy atom. The van der Waals surface area contributed by atoms with Crippen molar-refractivity contribution in [3.63, 3.8) is 0 Å². The maximum absolute atomic E-state index is 3.19. The molecular formula is C14H23N3. The third kappa shape index (κ3) is 2.72. The van der Waals surface area contributed by atoms with E-state index in [0.29, 0.717) is 0 Å². The zero-order chi connectivity index (χ0) is 12.3. The van der Waals surface area contributed by atoms with Crippen molar-refractivity contribution in [2.75, 3.05) is 50.0 Å². The number of aryl methyl sites for hydroxylation is 1. The summed E-state index contributed by atoms with van der Waals surface area (Å²) in [6, 6.07) is 6.62. The lowest BCUT2D eigenvalue weighted by Crippen LogP contribution is -2.46. The summed E-state index contributed by atoms with van der Waals surface area (Å²) in [4.78, 5) is 5.01. The third-order valence-electron chi connectivity index (χ3n) is 3.65. The minimum absolute atomic E-state index is 1.15. The Morgan fingerprint density at radius 1 is 1.18 bits per heavy atom. The molecule has 1 aromatic carbocycles. The zero-order valence-electron chi connectivity index (χ0n) is 11.2. The molecule has 0 saturated carbocycles. The van der Waals surface area contributed by atoms with E-state index in [1.807, 2.05) is 7.05 Å². The van der Waals surface area contributed by atoms with Crippen LogP contribution in [0.1, 0.15) is 12.5 Å². The molecule has 0 atom stereocenters. The Balaban J connectivity index is 2.08. The van der Waals surface area contributed by atoms with Crippen molar-refractivity contribution in [2.24, 2.45) is 0 Å². The van der Waals surface area contributed by atoms with Gasteiger partial charge in [-0.2, -0.15) is 0 Å². The Morgan fingerprint density at radius 3 is 2.41 bits per heavy atom. The average molecular weight is 233 g/mol. The summed E-state index contributed by atoms with van der Waals surface area (Å²) >= 11 is 0. The standard InChI is InChI=1S/C14H23N3/c1-4-16-7-9-17(10-8-16)14-6-5-13(15-3)11-12(14)2/h5-6,11,15H,4,7-10H2,1-3H3. The predicted molar refractivity (Wildman–Crippen MR) is 75.1 cm³/mol. The van der Waals surface area contributed by atoms with Crippen LogP contribution in [0, 0.1) is 6.92 Å². The minimum Gasteiger partial charge on any atom is -0.388 e. The van der Waals surface area contributed by atoms with Crippen molar-refractivity contribution in [1.29, 1.82) is 0 Å². The van der Waals surface area contributed by atoms with Gasteiger partial charge < -0.3 is 15.1 Å². The molecule has 0 amide bonds. The lowest BCUT2D eigenvalue weighted by Gasteiger charge is -2.36. The smallest absolute Gasteiger partial charge is 0.0398 e. The van der Waals surface area contributed by atoms with Crippen LogP contribution in [0.25, 0.3) is 0 Å².